The number of hydrogen-bond acceptors (Lipinski definition) is 3. The van der Waals surface area contributed by atoms with Gasteiger partial charge in [0.05, 0.1) is 16.1 Å². The fraction of sp³-hybridized carbons (Fsp3) is 0.0625. The van der Waals surface area contributed by atoms with Crippen LogP contribution in [0.25, 0.3) is 0 Å². The van der Waals surface area contributed by atoms with E-state index in [0.717, 1.165) is 0 Å². The van der Waals surface area contributed by atoms with Crippen molar-refractivity contribution in [3.63, 3.8) is 0 Å². The van der Waals surface area contributed by atoms with Crippen molar-refractivity contribution in [1.82, 2.24) is 5.32 Å². The van der Waals surface area contributed by atoms with Crippen LogP contribution >= 0.6 is 35.4 Å². The largest absolute Gasteiger partial charge is 0.478 e. The molecule has 0 unspecified atom stereocenters. The number of carboxylic acids is 1. The van der Waals surface area contributed by atoms with Crippen LogP contribution in [0, 0.1) is 6.92 Å². The number of anilines is 1. The molecule has 0 bridgehead atoms. The Morgan fingerprint density at radius 3 is 2.42 bits per heavy atom. The van der Waals surface area contributed by atoms with Crippen LogP contribution in [0.2, 0.25) is 10.0 Å². The standard InChI is InChI=1S/C16H12Cl2N2O3S/c1-8-6-9(15(22)23)2-5-13(8)19-16(24)20-14(21)11-4-3-10(17)7-12(11)18/h2-7H,1H3,(H,22,23)(H2,19,20,21,24). The normalized spacial score (nSPS) is 10.1. The molecule has 0 aromatic heterocycles. The Kier molecular flexibility index (Phi) is 5.77. The summed E-state index contributed by atoms with van der Waals surface area (Å²) in [6.45, 7) is 1.73. The number of thiocarbonyl (C=S) groups is 1. The average molecular weight is 383 g/mol. The number of nitrogens with one attached hydrogen (secondary N) is 2. The molecule has 3 N–H and O–H groups in total. The molecule has 124 valence electrons. The lowest BCUT2D eigenvalue weighted by Crippen LogP contribution is -2.34. The van der Waals surface area contributed by atoms with E-state index in [1.165, 1.54) is 24.3 Å². The van der Waals surface area contributed by atoms with E-state index in [-0.39, 0.29) is 21.3 Å². The Bertz CT molecular complexity index is 840. The van der Waals surface area contributed by atoms with E-state index in [0.29, 0.717) is 16.3 Å². The average Bonchev–Trinajstić information content (AvgIpc) is 2.48. The highest BCUT2D eigenvalue weighted by molar-refractivity contribution is 7.80. The molecule has 24 heavy (non-hydrogen) atoms. The highest BCUT2D eigenvalue weighted by Crippen LogP contribution is 2.21. The molecule has 1 amide bonds. The second kappa shape index (κ2) is 7.61. The van der Waals surface area contributed by atoms with Crippen LogP contribution in [-0.2, 0) is 0 Å². The lowest BCUT2D eigenvalue weighted by Gasteiger charge is -2.12. The van der Waals surface area contributed by atoms with Gasteiger partial charge < -0.3 is 10.4 Å². The van der Waals surface area contributed by atoms with Crippen molar-refractivity contribution >= 4 is 58.1 Å². The Balaban J connectivity index is 2.08. The first-order chi connectivity index (χ1) is 11.3. The first-order valence-corrected chi connectivity index (χ1v) is 7.85. The van der Waals surface area contributed by atoms with E-state index in [1.54, 1.807) is 19.1 Å². The number of hydrogen-bond donors (Lipinski definition) is 3. The molecular weight excluding hydrogens is 371 g/mol. The smallest absolute Gasteiger partial charge is 0.335 e. The number of rotatable bonds is 3. The van der Waals surface area contributed by atoms with Crippen molar-refractivity contribution in [3.05, 3.63) is 63.1 Å². The van der Waals surface area contributed by atoms with E-state index in [2.05, 4.69) is 10.6 Å². The Labute approximate surface area is 153 Å². The molecule has 2 aromatic rings. The van der Waals surface area contributed by atoms with Gasteiger partial charge in [0.25, 0.3) is 5.91 Å². The summed E-state index contributed by atoms with van der Waals surface area (Å²) in [6, 6.07) is 9.03. The van der Waals surface area contributed by atoms with E-state index in [9.17, 15) is 9.59 Å². The lowest BCUT2D eigenvalue weighted by molar-refractivity contribution is 0.0696. The molecule has 0 aliphatic heterocycles. The molecule has 8 heteroatoms. The van der Waals surface area contributed by atoms with E-state index >= 15 is 0 Å². The third-order valence-electron chi connectivity index (χ3n) is 3.12. The van der Waals surface area contributed by atoms with Crippen LogP contribution in [0.3, 0.4) is 0 Å². The monoisotopic (exact) mass is 382 g/mol. The maximum absolute atomic E-state index is 12.2. The molecular formula is C16H12Cl2N2O3S. The predicted molar refractivity (Wildman–Crippen MR) is 98.3 cm³/mol. The molecule has 0 heterocycles. The molecule has 0 saturated carbocycles. The van der Waals surface area contributed by atoms with Crippen LogP contribution in [0.15, 0.2) is 36.4 Å². The Morgan fingerprint density at radius 2 is 1.83 bits per heavy atom. The number of amides is 1. The Morgan fingerprint density at radius 1 is 1.12 bits per heavy atom. The molecule has 0 atom stereocenters. The summed E-state index contributed by atoms with van der Waals surface area (Å²) in [6.07, 6.45) is 0. The summed E-state index contributed by atoms with van der Waals surface area (Å²) in [4.78, 5) is 23.1. The quantitative estimate of drug-likeness (QED) is 0.695. The third-order valence-corrected chi connectivity index (χ3v) is 3.88. The SMILES string of the molecule is Cc1cc(C(=O)O)ccc1NC(=S)NC(=O)c1ccc(Cl)cc1Cl. The fourth-order valence-corrected chi connectivity index (χ4v) is 2.63. The molecule has 2 aromatic carbocycles. The minimum Gasteiger partial charge on any atom is -0.478 e. The zero-order chi connectivity index (χ0) is 17.9. The van der Waals surface area contributed by atoms with Crippen molar-refractivity contribution < 1.29 is 14.7 Å². The number of carboxylic acid groups (broad SMARTS) is 1. The van der Waals surface area contributed by atoms with Crippen molar-refractivity contribution in [3.8, 4) is 0 Å². The second-order valence-electron chi connectivity index (χ2n) is 4.87. The maximum Gasteiger partial charge on any atom is 0.335 e. The summed E-state index contributed by atoms with van der Waals surface area (Å²) in [7, 11) is 0. The maximum atomic E-state index is 12.2. The number of halogens is 2. The summed E-state index contributed by atoms with van der Waals surface area (Å²) < 4.78 is 0. The van der Waals surface area contributed by atoms with Crippen LogP contribution in [0.5, 0.6) is 0 Å². The molecule has 2 rings (SSSR count). The molecule has 0 aliphatic carbocycles. The van der Waals surface area contributed by atoms with Crippen molar-refractivity contribution in [2.75, 3.05) is 5.32 Å². The van der Waals surface area contributed by atoms with E-state index < -0.39 is 11.9 Å². The lowest BCUT2D eigenvalue weighted by atomic mass is 10.1. The third kappa shape index (κ3) is 4.44. The van der Waals surface area contributed by atoms with Gasteiger partial charge in [-0.3, -0.25) is 10.1 Å². The molecule has 0 fully saturated rings. The van der Waals surface area contributed by atoms with Gasteiger partial charge in [-0.15, -0.1) is 0 Å². The van der Waals surface area contributed by atoms with Gasteiger partial charge in [-0.25, -0.2) is 4.79 Å². The summed E-state index contributed by atoms with van der Waals surface area (Å²) >= 11 is 16.9. The van der Waals surface area contributed by atoms with Crippen LogP contribution < -0.4 is 10.6 Å². The Hall–Kier alpha value is -2.15. The van der Waals surface area contributed by atoms with Gasteiger partial charge >= 0.3 is 5.97 Å². The number of aryl methyl sites for hydroxylation is 1. The highest BCUT2D eigenvalue weighted by atomic mass is 35.5. The molecule has 0 spiro atoms. The zero-order valence-corrected chi connectivity index (χ0v) is 14.7. The van der Waals surface area contributed by atoms with Crippen LogP contribution in [0.4, 0.5) is 5.69 Å². The summed E-state index contributed by atoms with van der Waals surface area (Å²) in [5.74, 6) is -1.49. The first-order valence-electron chi connectivity index (χ1n) is 6.69. The highest BCUT2D eigenvalue weighted by Gasteiger charge is 2.13. The van der Waals surface area contributed by atoms with Crippen molar-refractivity contribution in [1.29, 1.82) is 0 Å². The summed E-state index contributed by atoms with van der Waals surface area (Å²) in [5.41, 5.74) is 1.67. The van der Waals surface area contributed by atoms with Gasteiger partial charge in [-0.1, -0.05) is 23.2 Å². The number of aromatic carboxylic acids is 1. The van der Waals surface area contributed by atoms with E-state index in [1.807, 2.05) is 0 Å². The van der Waals surface area contributed by atoms with E-state index in [4.69, 9.17) is 40.5 Å². The topological polar surface area (TPSA) is 78.4 Å². The molecule has 0 saturated heterocycles. The van der Waals surface area contributed by atoms with Gasteiger partial charge in [0.2, 0.25) is 0 Å². The van der Waals surface area contributed by atoms with Gasteiger partial charge in [-0.2, -0.15) is 0 Å². The number of carbonyl (C=O) groups excluding carboxylic acids is 1. The number of carbonyl (C=O) groups is 2. The minimum absolute atomic E-state index is 0.0668. The number of benzene rings is 2. The van der Waals surface area contributed by atoms with Gasteiger partial charge in [-0.05, 0) is 61.1 Å². The second-order valence-corrected chi connectivity index (χ2v) is 6.12. The van der Waals surface area contributed by atoms with Crippen molar-refractivity contribution in [2.45, 2.75) is 6.92 Å². The first kappa shape index (κ1) is 18.2. The molecule has 0 radical (unpaired) electrons. The van der Waals surface area contributed by atoms with Gasteiger partial charge in [0.15, 0.2) is 5.11 Å². The predicted octanol–water partition coefficient (Wildman–Crippen LogP) is 4.13. The molecule has 0 aliphatic rings. The zero-order valence-electron chi connectivity index (χ0n) is 12.4. The van der Waals surface area contributed by atoms with Gasteiger partial charge in [0.1, 0.15) is 0 Å². The summed E-state index contributed by atoms with van der Waals surface area (Å²) in [5, 5.41) is 15.0. The van der Waals surface area contributed by atoms with Crippen LogP contribution in [-0.4, -0.2) is 22.1 Å². The van der Waals surface area contributed by atoms with Crippen molar-refractivity contribution in [2.24, 2.45) is 0 Å². The minimum atomic E-state index is -1.02. The fourth-order valence-electron chi connectivity index (χ4n) is 1.93. The molecule has 5 nitrogen and oxygen atoms in total. The van der Waals surface area contributed by atoms with Gasteiger partial charge in [0, 0.05) is 10.7 Å². The van der Waals surface area contributed by atoms with Crippen LogP contribution in [0.1, 0.15) is 26.3 Å².